The highest BCUT2D eigenvalue weighted by atomic mass is 32.2. The smallest absolute Gasteiger partial charge is 0.230 e. The molecule has 0 aliphatic heterocycles. The zero-order chi connectivity index (χ0) is 18.3. The minimum Gasteiger partial charge on any atom is -0.356 e. The van der Waals surface area contributed by atoms with Gasteiger partial charge in [-0.25, -0.2) is 4.39 Å². The van der Waals surface area contributed by atoms with Crippen molar-refractivity contribution in [3.05, 3.63) is 35.6 Å². The Morgan fingerprint density at radius 1 is 1.24 bits per heavy atom. The summed E-state index contributed by atoms with van der Waals surface area (Å²) in [6.45, 7) is 7.68. The van der Waals surface area contributed by atoms with Gasteiger partial charge in [-0.3, -0.25) is 4.79 Å². The van der Waals surface area contributed by atoms with Crippen molar-refractivity contribution in [1.29, 1.82) is 0 Å². The van der Waals surface area contributed by atoms with Gasteiger partial charge in [-0.05, 0) is 29.5 Å². The summed E-state index contributed by atoms with van der Waals surface area (Å²) in [5.41, 5.74) is 1.18. The van der Waals surface area contributed by atoms with Gasteiger partial charge >= 0.3 is 0 Å². The lowest BCUT2D eigenvalue weighted by atomic mass is 9.92. The standard InChI is InChI=1S/C17H23FN4OS2/c1-17(2,3)8-9-19-14(23)11-24-16-22-21-15(25-16)20-10-12-4-6-13(18)7-5-12/h4-7H,8-11H2,1-3H3,(H,19,23)(H,20,21). The Labute approximate surface area is 155 Å². The van der Waals surface area contributed by atoms with E-state index in [-0.39, 0.29) is 17.1 Å². The van der Waals surface area contributed by atoms with E-state index in [1.807, 2.05) is 0 Å². The molecule has 0 unspecified atom stereocenters. The first-order chi connectivity index (χ1) is 11.8. The number of aromatic nitrogens is 2. The first-order valence-corrected chi connectivity index (χ1v) is 9.83. The summed E-state index contributed by atoms with van der Waals surface area (Å²) in [7, 11) is 0. The van der Waals surface area contributed by atoms with Crippen LogP contribution >= 0.6 is 23.1 Å². The van der Waals surface area contributed by atoms with E-state index in [2.05, 4.69) is 41.6 Å². The van der Waals surface area contributed by atoms with Crippen LogP contribution in [0.2, 0.25) is 0 Å². The summed E-state index contributed by atoms with van der Waals surface area (Å²) >= 11 is 2.78. The number of hydrogen-bond donors (Lipinski definition) is 2. The molecule has 5 nitrogen and oxygen atoms in total. The van der Waals surface area contributed by atoms with Crippen molar-refractivity contribution in [2.45, 2.75) is 38.1 Å². The average Bonchev–Trinajstić information content (AvgIpc) is 2.99. The lowest BCUT2D eigenvalue weighted by molar-refractivity contribution is -0.118. The Balaban J connectivity index is 1.70. The number of anilines is 1. The van der Waals surface area contributed by atoms with Crippen molar-refractivity contribution in [2.75, 3.05) is 17.6 Å². The molecule has 1 aromatic carbocycles. The molecule has 2 N–H and O–H groups in total. The minimum absolute atomic E-state index is 0.00488. The Morgan fingerprint density at radius 3 is 2.64 bits per heavy atom. The molecule has 0 aliphatic carbocycles. The number of carbonyl (C=O) groups is 1. The Kier molecular flexibility index (Phi) is 7.19. The Morgan fingerprint density at radius 2 is 1.96 bits per heavy atom. The third-order valence-electron chi connectivity index (χ3n) is 3.29. The van der Waals surface area contributed by atoms with Crippen LogP contribution in [0, 0.1) is 11.2 Å². The molecular formula is C17H23FN4OS2. The van der Waals surface area contributed by atoms with Crippen molar-refractivity contribution >= 4 is 34.1 Å². The fourth-order valence-electron chi connectivity index (χ4n) is 1.87. The number of halogens is 1. The second-order valence-corrected chi connectivity index (χ2v) is 9.00. The summed E-state index contributed by atoms with van der Waals surface area (Å²) in [6.07, 6.45) is 0.944. The number of hydrogen-bond acceptors (Lipinski definition) is 6. The molecule has 1 aromatic heterocycles. The molecule has 0 radical (unpaired) electrons. The van der Waals surface area contributed by atoms with Crippen LogP contribution in [0.4, 0.5) is 9.52 Å². The molecule has 1 amide bonds. The summed E-state index contributed by atoms with van der Waals surface area (Å²) in [5.74, 6) is 0.0842. The molecule has 2 aromatic rings. The second-order valence-electron chi connectivity index (χ2n) is 6.80. The van der Waals surface area contributed by atoms with Crippen LogP contribution in [-0.2, 0) is 11.3 Å². The van der Waals surface area contributed by atoms with Crippen molar-refractivity contribution in [3.63, 3.8) is 0 Å². The highest BCUT2D eigenvalue weighted by molar-refractivity contribution is 8.01. The van der Waals surface area contributed by atoms with Gasteiger partial charge in [0.15, 0.2) is 4.34 Å². The number of benzene rings is 1. The highest BCUT2D eigenvalue weighted by Gasteiger charge is 2.11. The molecule has 136 valence electrons. The summed E-state index contributed by atoms with van der Waals surface area (Å²) in [6, 6.07) is 6.30. The zero-order valence-electron chi connectivity index (χ0n) is 14.6. The predicted octanol–water partition coefficient (Wildman–Crippen LogP) is 3.93. The van der Waals surface area contributed by atoms with Gasteiger partial charge in [0, 0.05) is 13.1 Å². The van der Waals surface area contributed by atoms with E-state index in [0.717, 1.165) is 16.3 Å². The van der Waals surface area contributed by atoms with E-state index >= 15 is 0 Å². The molecule has 2 rings (SSSR count). The molecule has 0 spiro atoms. The van der Waals surface area contributed by atoms with E-state index in [1.165, 1.54) is 35.2 Å². The topological polar surface area (TPSA) is 66.9 Å². The van der Waals surface area contributed by atoms with Crippen molar-refractivity contribution in [2.24, 2.45) is 5.41 Å². The normalized spacial score (nSPS) is 11.4. The van der Waals surface area contributed by atoms with Gasteiger partial charge in [0.05, 0.1) is 5.75 Å². The number of thioether (sulfide) groups is 1. The van der Waals surface area contributed by atoms with Crippen LogP contribution in [-0.4, -0.2) is 28.4 Å². The third kappa shape index (κ3) is 7.83. The molecule has 0 fully saturated rings. The quantitative estimate of drug-likeness (QED) is 0.677. The van der Waals surface area contributed by atoms with E-state index in [0.29, 0.717) is 24.0 Å². The zero-order valence-corrected chi connectivity index (χ0v) is 16.3. The molecule has 1 heterocycles. The van der Waals surface area contributed by atoms with Crippen LogP contribution in [0.5, 0.6) is 0 Å². The first kappa shape index (κ1) is 19.7. The number of rotatable bonds is 8. The monoisotopic (exact) mass is 382 g/mol. The molecule has 0 saturated carbocycles. The van der Waals surface area contributed by atoms with Crippen molar-refractivity contribution in [1.82, 2.24) is 15.5 Å². The molecule has 8 heteroatoms. The maximum absolute atomic E-state index is 12.9. The summed E-state index contributed by atoms with van der Waals surface area (Å²) in [4.78, 5) is 11.8. The van der Waals surface area contributed by atoms with Gasteiger partial charge in [0.25, 0.3) is 0 Å². The van der Waals surface area contributed by atoms with E-state index in [1.54, 1.807) is 12.1 Å². The van der Waals surface area contributed by atoms with Crippen molar-refractivity contribution < 1.29 is 9.18 Å². The average molecular weight is 383 g/mol. The van der Waals surface area contributed by atoms with E-state index in [9.17, 15) is 9.18 Å². The predicted molar refractivity (Wildman–Crippen MR) is 101 cm³/mol. The Bertz CT molecular complexity index is 683. The maximum atomic E-state index is 12.9. The molecule has 0 aliphatic rings. The lowest BCUT2D eigenvalue weighted by Crippen LogP contribution is -2.28. The number of amides is 1. The van der Waals surface area contributed by atoms with Gasteiger partial charge in [0.2, 0.25) is 11.0 Å². The summed E-state index contributed by atoms with van der Waals surface area (Å²) < 4.78 is 13.6. The Hall–Kier alpha value is -1.67. The molecule has 0 saturated heterocycles. The molecule has 25 heavy (non-hydrogen) atoms. The molecule has 0 bridgehead atoms. The summed E-state index contributed by atoms with van der Waals surface area (Å²) in [5, 5.41) is 14.9. The number of nitrogens with one attached hydrogen (secondary N) is 2. The lowest BCUT2D eigenvalue weighted by Gasteiger charge is -2.17. The van der Waals surface area contributed by atoms with Gasteiger partial charge < -0.3 is 10.6 Å². The second kappa shape index (κ2) is 9.15. The molecular weight excluding hydrogens is 359 g/mol. The van der Waals surface area contributed by atoms with Crippen LogP contribution in [0.25, 0.3) is 0 Å². The van der Waals surface area contributed by atoms with E-state index in [4.69, 9.17) is 0 Å². The number of nitrogens with zero attached hydrogens (tertiary/aromatic N) is 2. The number of carbonyl (C=O) groups excluding carboxylic acids is 1. The maximum Gasteiger partial charge on any atom is 0.230 e. The van der Waals surface area contributed by atoms with E-state index < -0.39 is 0 Å². The van der Waals surface area contributed by atoms with Crippen LogP contribution in [0.1, 0.15) is 32.8 Å². The SMILES string of the molecule is CC(C)(C)CCNC(=O)CSc1nnc(NCc2ccc(F)cc2)s1. The minimum atomic E-state index is -0.251. The van der Waals surface area contributed by atoms with Gasteiger partial charge in [-0.1, -0.05) is 56.0 Å². The van der Waals surface area contributed by atoms with Crippen LogP contribution in [0.3, 0.4) is 0 Å². The largest absolute Gasteiger partial charge is 0.356 e. The first-order valence-electron chi connectivity index (χ1n) is 8.03. The van der Waals surface area contributed by atoms with Crippen LogP contribution < -0.4 is 10.6 Å². The fourth-order valence-corrected chi connectivity index (χ4v) is 3.45. The van der Waals surface area contributed by atoms with Gasteiger partial charge in [-0.2, -0.15) is 0 Å². The third-order valence-corrected chi connectivity index (χ3v) is 5.30. The fraction of sp³-hybridized carbons (Fsp3) is 0.471. The molecule has 0 atom stereocenters. The highest BCUT2D eigenvalue weighted by Crippen LogP contribution is 2.25. The van der Waals surface area contributed by atoms with Crippen LogP contribution in [0.15, 0.2) is 28.6 Å². The van der Waals surface area contributed by atoms with Gasteiger partial charge in [0.1, 0.15) is 5.82 Å². The van der Waals surface area contributed by atoms with Gasteiger partial charge in [-0.15, -0.1) is 10.2 Å². The van der Waals surface area contributed by atoms with Crippen molar-refractivity contribution in [3.8, 4) is 0 Å².